The second kappa shape index (κ2) is 6.69. The first-order valence-corrected chi connectivity index (χ1v) is 8.03. The lowest BCUT2D eigenvalue weighted by atomic mass is 9.73. The second-order valence-corrected chi connectivity index (χ2v) is 6.67. The van der Waals surface area contributed by atoms with Gasteiger partial charge in [0.05, 0.1) is 0 Å². The van der Waals surface area contributed by atoms with Crippen molar-refractivity contribution in [3.8, 4) is 0 Å². The van der Waals surface area contributed by atoms with E-state index in [1.54, 1.807) is 11.3 Å². The Labute approximate surface area is 115 Å². The van der Waals surface area contributed by atoms with Crippen LogP contribution in [-0.2, 0) is 6.54 Å². The highest BCUT2D eigenvalue weighted by atomic mass is 32.1. The van der Waals surface area contributed by atoms with E-state index in [0.29, 0.717) is 5.41 Å². The molecular weight excluding hydrogens is 240 g/mol. The molecule has 2 nitrogen and oxygen atoms in total. The Morgan fingerprint density at radius 1 is 1.33 bits per heavy atom. The lowest BCUT2D eigenvalue weighted by Crippen LogP contribution is -2.43. The molecule has 1 aromatic heterocycles. The summed E-state index contributed by atoms with van der Waals surface area (Å²) < 4.78 is 0. The smallest absolute Gasteiger partial charge is 0.0239 e. The maximum absolute atomic E-state index is 3.42. The fourth-order valence-electron chi connectivity index (χ4n) is 3.39. The number of hydrogen-bond acceptors (Lipinski definition) is 3. The first-order valence-electron chi connectivity index (χ1n) is 7.08. The summed E-state index contributed by atoms with van der Waals surface area (Å²) in [6.07, 6.45) is 7.03. The number of hydrogen-bond donors (Lipinski definition) is 1. The van der Waals surface area contributed by atoms with Gasteiger partial charge in [0, 0.05) is 19.6 Å². The molecule has 1 aliphatic rings. The van der Waals surface area contributed by atoms with Crippen LogP contribution in [0.2, 0.25) is 0 Å². The van der Waals surface area contributed by atoms with E-state index in [-0.39, 0.29) is 0 Å². The van der Waals surface area contributed by atoms with E-state index in [0.717, 1.165) is 6.54 Å². The van der Waals surface area contributed by atoms with E-state index >= 15 is 0 Å². The van der Waals surface area contributed by atoms with Crippen LogP contribution in [0.4, 0.5) is 0 Å². The van der Waals surface area contributed by atoms with Crippen LogP contribution in [-0.4, -0.2) is 32.1 Å². The molecule has 0 atom stereocenters. The number of rotatable bonds is 6. The highest BCUT2D eigenvalue weighted by Crippen LogP contribution is 2.36. The summed E-state index contributed by atoms with van der Waals surface area (Å²) in [6, 6.07) is 2.24. The van der Waals surface area contributed by atoms with Gasteiger partial charge in [0.25, 0.3) is 0 Å². The van der Waals surface area contributed by atoms with E-state index in [1.165, 1.54) is 50.8 Å². The van der Waals surface area contributed by atoms with Crippen LogP contribution in [0.25, 0.3) is 0 Å². The molecule has 0 saturated heterocycles. The molecule has 1 saturated carbocycles. The quantitative estimate of drug-likeness (QED) is 0.849. The maximum Gasteiger partial charge on any atom is 0.0239 e. The van der Waals surface area contributed by atoms with Crippen molar-refractivity contribution in [3.63, 3.8) is 0 Å². The standard InChI is InChI=1S/C15H26N2S/c1-16-12-15(7-4-3-5-8-15)13-17(2)10-14-6-9-18-11-14/h6,9,11,16H,3-5,7-8,10,12-13H2,1-2H3. The molecule has 0 aliphatic heterocycles. The van der Waals surface area contributed by atoms with Gasteiger partial charge in [-0.3, -0.25) is 0 Å². The van der Waals surface area contributed by atoms with Gasteiger partial charge in [0.2, 0.25) is 0 Å². The Morgan fingerprint density at radius 2 is 2.11 bits per heavy atom. The molecule has 3 heteroatoms. The summed E-state index contributed by atoms with van der Waals surface area (Å²) >= 11 is 1.80. The third-order valence-electron chi connectivity index (χ3n) is 4.10. The zero-order chi connectivity index (χ0) is 12.8. The summed E-state index contributed by atoms with van der Waals surface area (Å²) in [7, 11) is 4.36. The lowest BCUT2D eigenvalue weighted by molar-refractivity contribution is 0.116. The fraction of sp³-hybridized carbons (Fsp3) is 0.733. The first-order chi connectivity index (χ1) is 8.74. The monoisotopic (exact) mass is 266 g/mol. The van der Waals surface area contributed by atoms with Crippen molar-refractivity contribution in [2.24, 2.45) is 5.41 Å². The summed E-state index contributed by atoms with van der Waals surface area (Å²) in [4.78, 5) is 2.50. The third kappa shape index (κ3) is 3.81. The zero-order valence-corrected chi connectivity index (χ0v) is 12.6. The van der Waals surface area contributed by atoms with Crippen molar-refractivity contribution in [2.75, 3.05) is 27.2 Å². The van der Waals surface area contributed by atoms with Gasteiger partial charge in [-0.2, -0.15) is 11.3 Å². The van der Waals surface area contributed by atoms with Gasteiger partial charge in [-0.15, -0.1) is 0 Å². The second-order valence-electron chi connectivity index (χ2n) is 5.89. The number of thiophene rings is 1. The van der Waals surface area contributed by atoms with Gasteiger partial charge in [0.15, 0.2) is 0 Å². The molecule has 102 valence electrons. The van der Waals surface area contributed by atoms with E-state index in [4.69, 9.17) is 0 Å². The number of nitrogens with one attached hydrogen (secondary N) is 1. The van der Waals surface area contributed by atoms with Crippen molar-refractivity contribution >= 4 is 11.3 Å². The van der Waals surface area contributed by atoms with Crippen molar-refractivity contribution in [3.05, 3.63) is 22.4 Å². The van der Waals surface area contributed by atoms with Crippen LogP contribution in [0.1, 0.15) is 37.7 Å². The van der Waals surface area contributed by atoms with Crippen LogP contribution < -0.4 is 5.32 Å². The molecule has 1 fully saturated rings. The predicted octanol–water partition coefficient (Wildman–Crippen LogP) is 3.35. The molecule has 2 rings (SSSR count). The average molecular weight is 266 g/mol. The van der Waals surface area contributed by atoms with E-state index in [2.05, 4.69) is 41.1 Å². The van der Waals surface area contributed by atoms with Gasteiger partial charge in [-0.25, -0.2) is 0 Å². The zero-order valence-electron chi connectivity index (χ0n) is 11.7. The summed E-state index contributed by atoms with van der Waals surface area (Å²) in [5.41, 5.74) is 1.97. The van der Waals surface area contributed by atoms with Gasteiger partial charge < -0.3 is 10.2 Å². The minimum atomic E-state index is 0.512. The minimum absolute atomic E-state index is 0.512. The Morgan fingerprint density at radius 3 is 2.72 bits per heavy atom. The largest absolute Gasteiger partial charge is 0.319 e. The molecule has 1 aromatic rings. The van der Waals surface area contributed by atoms with Crippen LogP contribution in [0.15, 0.2) is 16.8 Å². The van der Waals surface area contributed by atoms with Crippen molar-refractivity contribution < 1.29 is 0 Å². The molecule has 1 heterocycles. The van der Waals surface area contributed by atoms with E-state index in [9.17, 15) is 0 Å². The van der Waals surface area contributed by atoms with Crippen LogP contribution >= 0.6 is 11.3 Å². The molecule has 0 bridgehead atoms. The van der Waals surface area contributed by atoms with E-state index in [1.807, 2.05) is 0 Å². The fourth-order valence-corrected chi connectivity index (χ4v) is 4.05. The molecular formula is C15H26N2S. The summed E-state index contributed by atoms with van der Waals surface area (Å²) in [5.74, 6) is 0. The first kappa shape index (κ1) is 14.0. The Kier molecular flexibility index (Phi) is 5.22. The molecule has 1 aliphatic carbocycles. The van der Waals surface area contributed by atoms with Gasteiger partial charge >= 0.3 is 0 Å². The lowest BCUT2D eigenvalue weighted by Gasteiger charge is -2.40. The summed E-state index contributed by atoms with van der Waals surface area (Å²) in [6.45, 7) is 3.49. The molecule has 18 heavy (non-hydrogen) atoms. The van der Waals surface area contributed by atoms with Crippen LogP contribution in [0.3, 0.4) is 0 Å². The third-order valence-corrected chi connectivity index (χ3v) is 4.84. The van der Waals surface area contributed by atoms with Gasteiger partial charge in [-0.1, -0.05) is 19.3 Å². The highest BCUT2D eigenvalue weighted by Gasteiger charge is 2.32. The van der Waals surface area contributed by atoms with Crippen LogP contribution in [0, 0.1) is 5.41 Å². The highest BCUT2D eigenvalue weighted by molar-refractivity contribution is 7.07. The normalized spacial score (nSPS) is 19.3. The Bertz CT molecular complexity index is 323. The maximum atomic E-state index is 3.42. The number of nitrogens with zero attached hydrogens (tertiary/aromatic N) is 1. The van der Waals surface area contributed by atoms with Crippen LogP contribution in [0.5, 0.6) is 0 Å². The SMILES string of the molecule is CNCC1(CN(C)Cc2ccsc2)CCCCC1. The average Bonchev–Trinajstić information content (AvgIpc) is 2.83. The van der Waals surface area contributed by atoms with Crippen molar-refractivity contribution in [1.82, 2.24) is 10.2 Å². The molecule has 1 N–H and O–H groups in total. The minimum Gasteiger partial charge on any atom is -0.319 e. The van der Waals surface area contributed by atoms with Crippen molar-refractivity contribution in [1.29, 1.82) is 0 Å². The van der Waals surface area contributed by atoms with Gasteiger partial charge in [0.1, 0.15) is 0 Å². The predicted molar refractivity (Wildman–Crippen MR) is 80.1 cm³/mol. The topological polar surface area (TPSA) is 15.3 Å². The molecule has 0 amide bonds. The molecule has 0 radical (unpaired) electrons. The molecule has 0 aromatic carbocycles. The Hall–Kier alpha value is -0.380. The van der Waals surface area contributed by atoms with E-state index < -0.39 is 0 Å². The van der Waals surface area contributed by atoms with Crippen molar-refractivity contribution in [2.45, 2.75) is 38.6 Å². The van der Waals surface area contributed by atoms with Gasteiger partial charge in [-0.05, 0) is 54.7 Å². The molecule has 0 spiro atoms. The summed E-state index contributed by atoms with van der Waals surface area (Å²) in [5, 5.41) is 7.86. The Balaban J connectivity index is 1.91. The molecule has 0 unspecified atom stereocenters.